The van der Waals surface area contributed by atoms with Crippen molar-refractivity contribution >= 4 is 11.8 Å². The number of aliphatic hydroxyl groups is 1. The highest BCUT2D eigenvalue weighted by molar-refractivity contribution is 6.00. The van der Waals surface area contributed by atoms with Crippen molar-refractivity contribution < 1.29 is 23.5 Å². The maximum absolute atomic E-state index is 14.1. The first kappa shape index (κ1) is 33.5. The van der Waals surface area contributed by atoms with Crippen LogP contribution in [-0.2, 0) is 25.8 Å². The zero-order valence-electron chi connectivity index (χ0n) is 26.0. The number of aliphatic hydroxyl groups excluding tert-OH is 1. The summed E-state index contributed by atoms with van der Waals surface area (Å²) in [7, 11) is 1.74. The molecule has 0 aliphatic heterocycles. The van der Waals surface area contributed by atoms with E-state index in [0.717, 1.165) is 34.7 Å². The lowest BCUT2D eigenvalue weighted by molar-refractivity contribution is 0.0554. The molecule has 4 aromatic rings. The molecule has 2 amide bonds. The van der Waals surface area contributed by atoms with Gasteiger partial charge in [0.05, 0.1) is 6.10 Å². The molecule has 0 aliphatic carbocycles. The highest BCUT2D eigenvalue weighted by atomic mass is 19.1. The Labute approximate surface area is 264 Å². The van der Waals surface area contributed by atoms with Gasteiger partial charge in [0.2, 0.25) is 0 Å². The van der Waals surface area contributed by atoms with E-state index in [1.54, 1.807) is 30.1 Å². The smallest absolute Gasteiger partial charge is 0.254 e. The molecule has 236 valence electrons. The Morgan fingerprint density at radius 2 is 1.42 bits per heavy atom. The van der Waals surface area contributed by atoms with Gasteiger partial charge in [-0.1, -0.05) is 61.5 Å². The first-order valence-corrected chi connectivity index (χ1v) is 15.2. The molecule has 6 nitrogen and oxygen atoms in total. The predicted molar refractivity (Wildman–Crippen MR) is 173 cm³/mol. The highest BCUT2D eigenvalue weighted by Crippen LogP contribution is 2.19. The number of carbonyl (C=O) groups excluding carboxylic acids is 2. The number of benzene rings is 4. The van der Waals surface area contributed by atoms with Crippen molar-refractivity contribution in [2.24, 2.45) is 5.73 Å². The Hall–Kier alpha value is -4.40. The van der Waals surface area contributed by atoms with Crippen LogP contribution in [0.2, 0.25) is 0 Å². The fourth-order valence-electron chi connectivity index (χ4n) is 5.36. The minimum Gasteiger partial charge on any atom is -0.390 e. The minimum atomic E-state index is -1.19. The zero-order valence-corrected chi connectivity index (χ0v) is 26.0. The number of likely N-dealkylation sites (N-methyl/N-ethyl adjacent to an activating group) is 1. The molecular formula is C37H41F2N3O3. The number of hydrogen-bond donors (Lipinski definition) is 2. The average molecular weight is 614 g/mol. The number of nitrogens with two attached hydrogens (primary N) is 1. The molecule has 8 heteroatoms. The summed E-state index contributed by atoms with van der Waals surface area (Å²) in [5, 5.41) is 11.1. The third-order valence-electron chi connectivity index (χ3n) is 7.85. The van der Waals surface area contributed by atoms with Crippen molar-refractivity contribution in [3.63, 3.8) is 0 Å². The molecule has 0 saturated heterocycles. The topological polar surface area (TPSA) is 86.9 Å². The average Bonchev–Trinajstić information content (AvgIpc) is 3.02. The van der Waals surface area contributed by atoms with E-state index in [1.807, 2.05) is 68.4 Å². The van der Waals surface area contributed by atoms with Gasteiger partial charge in [-0.15, -0.1) is 0 Å². The molecule has 3 N–H and O–H groups in total. The van der Waals surface area contributed by atoms with Crippen LogP contribution >= 0.6 is 0 Å². The second kappa shape index (κ2) is 15.5. The fraction of sp³-hybridized carbons (Fsp3) is 0.297. The molecule has 0 unspecified atom stereocenters. The Kier molecular flexibility index (Phi) is 11.6. The normalized spacial score (nSPS) is 12.4. The number of aryl methyl sites for hydroxylation is 2. The van der Waals surface area contributed by atoms with Gasteiger partial charge in [-0.25, -0.2) is 8.78 Å². The summed E-state index contributed by atoms with van der Waals surface area (Å²) in [6.45, 7) is 4.46. The van der Waals surface area contributed by atoms with Gasteiger partial charge in [0.1, 0.15) is 11.6 Å². The van der Waals surface area contributed by atoms with Crippen molar-refractivity contribution in [3.05, 3.63) is 142 Å². The van der Waals surface area contributed by atoms with Crippen LogP contribution < -0.4 is 5.73 Å². The number of nitrogens with zero attached hydrogens (tertiary/aromatic N) is 2. The van der Waals surface area contributed by atoms with Crippen molar-refractivity contribution in [2.75, 3.05) is 20.1 Å². The molecule has 4 aromatic carbocycles. The van der Waals surface area contributed by atoms with E-state index < -0.39 is 23.8 Å². The Morgan fingerprint density at radius 1 is 0.800 bits per heavy atom. The minimum absolute atomic E-state index is 0.0155. The number of rotatable bonds is 13. The van der Waals surface area contributed by atoms with Crippen LogP contribution in [0.15, 0.2) is 91.0 Å². The summed E-state index contributed by atoms with van der Waals surface area (Å²) >= 11 is 0. The summed E-state index contributed by atoms with van der Waals surface area (Å²) in [5.41, 5.74) is 11.2. The van der Waals surface area contributed by atoms with Crippen LogP contribution in [0, 0.1) is 18.6 Å². The molecule has 0 aromatic heterocycles. The number of halogens is 2. The fourth-order valence-corrected chi connectivity index (χ4v) is 5.36. The molecule has 4 rings (SSSR count). The van der Waals surface area contributed by atoms with Crippen LogP contribution in [0.3, 0.4) is 0 Å². The molecule has 0 aliphatic rings. The second-order valence-corrected chi connectivity index (χ2v) is 11.6. The van der Waals surface area contributed by atoms with Crippen LogP contribution in [0.25, 0.3) is 0 Å². The third kappa shape index (κ3) is 9.54. The van der Waals surface area contributed by atoms with E-state index in [2.05, 4.69) is 0 Å². The molecule has 0 heterocycles. The quantitative estimate of drug-likeness (QED) is 0.202. The maximum atomic E-state index is 14.1. The molecule has 0 fully saturated rings. The standard InChI is InChI=1S/C37H41F2N3O3/c1-4-26-11-8-12-28(17-26)23-42(24-35(43)34(40)20-29-18-32(38)22-33(39)19-29)37(45)31-16-25(2)15-30(21-31)36(44)41(3)14-13-27-9-6-5-7-10-27/h5-12,15-19,21-22,34-35,43H,4,13-14,20,23-24,40H2,1-3H3/t34-,35+/m0/s1. The van der Waals surface area contributed by atoms with Gasteiger partial charge < -0.3 is 20.6 Å². The van der Waals surface area contributed by atoms with Crippen molar-refractivity contribution in [3.8, 4) is 0 Å². The van der Waals surface area contributed by atoms with Crippen LogP contribution in [0.5, 0.6) is 0 Å². The van der Waals surface area contributed by atoms with E-state index in [-0.39, 0.29) is 31.3 Å². The summed E-state index contributed by atoms with van der Waals surface area (Å²) in [6.07, 6.45) is 0.346. The second-order valence-electron chi connectivity index (χ2n) is 11.6. The van der Waals surface area contributed by atoms with E-state index in [0.29, 0.717) is 29.7 Å². The third-order valence-corrected chi connectivity index (χ3v) is 7.85. The van der Waals surface area contributed by atoms with Crippen molar-refractivity contribution in [1.82, 2.24) is 9.80 Å². The first-order valence-electron chi connectivity index (χ1n) is 15.2. The van der Waals surface area contributed by atoms with Gasteiger partial charge in [0.15, 0.2) is 0 Å². The Morgan fingerprint density at radius 3 is 2.09 bits per heavy atom. The number of carbonyl (C=O) groups is 2. The summed E-state index contributed by atoms with van der Waals surface area (Å²) < 4.78 is 27.5. The van der Waals surface area contributed by atoms with Crippen LogP contribution in [-0.4, -0.2) is 59.0 Å². The van der Waals surface area contributed by atoms with Gasteiger partial charge >= 0.3 is 0 Å². The molecule has 2 atom stereocenters. The molecule has 45 heavy (non-hydrogen) atoms. The highest BCUT2D eigenvalue weighted by Gasteiger charge is 2.25. The predicted octanol–water partition coefficient (Wildman–Crippen LogP) is 5.72. The maximum Gasteiger partial charge on any atom is 0.254 e. The lowest BCUT2D eigenvalue weighted by Gasteiger charge is -2.29. The van der Waals surface area contributed by atoms with Crippen LogP contribution in [0.1, 0.15) is 55.5 Å². The van der Waals surface area contributed by atoms with Gasteiger partial charge in [-0.05, 0) is 84.3 Å². The van der Waals surface area contributed by atoms with E-state index in [1.165, 1.54) is 17.0 Å². The monoisotopic (exact) mass is 613 g/mol. The largest absolute Gasteiger partial charge is 0.390 e. The molecule has 0 bridgehead atoms. The molecule has 0 radical (unpaired) electrons. The van der Waals surface area contributed by atoms with Gasteiger partial charge in [-0.2, -0.15) is 0 Å². The molecule has 0 spiro atoms. The number of amides is 2. The number of hydrogen-bond acceptors (Lipinski definition) is 4. The Balaban J connectivity index is 1.56. The molecular weight excluding hydrogens is 572 g/mol. The summed E-state index contributed by atoms with van der Waals surface area (Å²) in [5.74, 6) is -2.02. The van der Waals surface area contributed by atoms with Gasteiger partial charge in [0.25, 0.3) is 11.8 Å². The lowest BCUT2D eigenvalue weighted by Crippen LogP contribution is -2.46. The zero-order chi connectivity index (χ0) is 32.5. The summed E-state index contributed by atoms with van der Waals surface area (Å²) in [4.78, 5) is 30.6. The van der Waals surface area contributed by atoms with Crippen molar-refractivity contribution in [2.45, 2.75) is 51.8 Å². The Bertz CT molecular complexity index is 1590. The van der Waals surface area contributed by atoms with Crippen LogP contribution in [0.4, 0.5) is 8.78 Å². The molecule has 0 saturated carbocycles. The lowest BCUT2D eigenvalue weighted by atomic mass is 10.00. The SMILES string of the molecule is CCc1cccc(CN(C[C@@H](O)[C@@H](N)Cc2cc(F)cc(F)c2)C(=O)c2cc(C)cc(C(=O)N(C)CCc3ccccc3)c2)c1. The van der Waals surface area contributed by atoms with E-state index >= 15 is 0 Å². The van der Waals surface area contributed by atoms with Gasteiger partial charge in [0, 0.05) is 49.9 Å². The first-order chi connectivity index (χ1) is 21.5. The van der Waals surface area contributed by atoms with Gasteiger partial charge in [-0.3, -0.25) is 9.59 Å². The summed E-state index contributed by atoms with van der Waals surface area (Å²) in [6, 6.07) is 25.1. The van der Waals surface area contributed by atoms with Crippen molar-refractivity contribution in [1.29, 1.82) is 0 Å². The van der Waals surface area contributed by atoms with E-state index in [9.17, 15) is 23.5 Å². The van der Waals surface area contributed by atoms with E-state index in [4.69, 9.17) is 5.73 Å².